The predicted molar refractivity (Wildman–Crippen MR) is 114 cm³/mol. The smallest absolute Gasteiger partial charge is 0.486 e. The van der Waals surface area contributed by atoms with Crippen molar-refractivity contribution in [2.75, 3.05) is 17.2 Å². The predicted octanol–water partition coefficient (Wildman–Crippen LogP) is 6.01. The summed E-state index contributed by atoms with van der Waals surface area (Å²) in [7, 11) is 0. The zero-order valence-electron chi connectivity index (χ0n) is 17.0. The van der Waals surface area contributed by atoms with Gasteiger partial charge < -0.3 is 20.1 Å². The summed E-state index contributed by atoms with van der Waals surface area (Å²) in [5.41, 5.74) is 0.694. The Balaban J connectivity index is 1.73. The maximum atomic E-state index is 14.2. The molecule has 0 saturated heterocycles. The van der Waals surface area contributed by atoms with Crippen LogP contribution in [-0.4, -0.2) is 28.7 Å². The van der Waals surface area contributed by atoms with Crippen molar-refractivity contribution in [3.05, 3.63) is 59.5 Å². The summed E-state index contributed by atoms with van der Waals surface area (Å²) < 4.78 is 60.5. The second-order valence-electron chi connectivity index (χ2n) is 6.54. The number of carbonyl (C=O) groups excluding carboxylic acids is 1. The monoisotopic (exact) mass is 484 g/mol. The minimum absolute atomic E-state index is 0.0313. The van der Waals surface area contributed by atoms with Gasteiger partial charge in [0.15, 0.2) is 17.4 Å². The van der Waals surface area contributed by atoms with E-state index in [2.05, 4.69) is 25.3 Å². The Hall–Kier alpha value is -3.60. The van der Waals surface area contributed by atoms with Crippen LogP contribution in [0, 0.1) is 5.82 Å². The highest BCUT2D eigenvalue weighted by molar-refractivity contribution is 6.32. The third-order valence-electron chi connectivity index (χ3n) is 4.05. The Labute approximate surface area is 190 Å². The van der Waals surface area contributed by atoms with Gasteiger partial charge in [-0.3, -0.25) is 4.79 Å². The number of hydrogen-bond donors (Lipinski definition) is 2. The molecule has 1 aromatic heterocycles. The van der Waals surface area contributed by atoms with E-state index in [1.807, 2.05) is 0 Å². The first kappa shape index (κ1) is 24.1. The molecule has 0 saturated carbocycles. The molecule has 3 aromatic rings. The molecule has 174 valence electrons. The van der Waals surface area contributed by atoms with E-state index in [4.69, 9.17) is 16.3 Å². The van der Waals surface area contributed by atoms with Crippen LogP contribution in [0.25, 0.3) is 0 Å². The van der Waals surface area contributed by atoms with E-state index in [9.17, 15) is 22.4 Å². The van der Waals surface area contributed by atoms with Gasteiger partial charge in [-0.1, -0.05) is 24.6 Å². The number of carbonyl (C=O) groups is 1. The third kappa shape index (κ3) is 7.21. The molecule has 0 bridgehead atoms. The topological polar surface area (TPSA) is 85.4 Å². The van der Waals surface area contributed by atoms with E-state index in [0.29, 0.717) is 17.9 Å². The number of anilines is 4. The van der Waals surface area contributed by atoms with Gasteiger partial charge in [0.25, 0.3) is 0 Å². The fourth-order valence-electron chi connectivity index (χ4n) is 2.50. The lowest BCUT2D eigenvalue weighted by Crippen LogP contribution is -2.17. The van der Waals surface area contributed by atoms with Gasteiger partial charge in [0, 0.05) is 23.9 Å². The van der Waals surface area contributed by atoms with Crippen molar-refractivity contribution in [2.45, 2.75) is 19.7 Å². The number of halogens is 5. The molecule has 2 N–H and O–H groups in total. The fourth-order valence-corrected chi connectivity index (χ4v) is 2.72. The molecule has 0 radical (unpaired) electrons. The number of ether oxygens (including phenoxy) is 2. The maximum absolute atomic E-state index is 14.2. The first-order chi connectivity index (χ1) is 15.6. The number of nitrogens with one attached hydrogen (secondary N) is 2. The highest BCUT2D eigenvalue weighted by Crippen LogP contribution is 2.33. The van der Waals surface area contributed by atoms with Crippen molar-refractivity contribution < 1.29 is 31.8 Å². The average Bonchev–Trinajstić information content (AvgIpc) is 2.76. The van der Waals surface area contributed by atoms with Crippen LogP contribution in [0.3, 0.4) is 0 Å². The number of rotatable bonds is 9. The number of hydrogen-bond acceptors (Lipinski definition) is 7. The van der Waals surface area contributed by atoms with Crippen LogP contribution in [0.5, 0.6) is 11.5 Å². The maximum Gasteiger partial charge on any atom is 0.573 e. The quantitative estimate of drug-likeness (QED) is 0.359. The Morgan fingerprint density at radius 1 is 1.12 bits per heavy atom. The summed E-state index contributed by atoms with van der Waals surface area (Å²) in [5.74, 6) is -1.22. The summed E-state index contributed by atoms with van der Waals surface area (Å²) in [6.45, 7) is 1.68. The van der Waals surface area contributed by atoms with Crippen LogP contribution in [-0.2, 0) is 4.79 Å². The third-order valence-corrected chi connectivity index (χ3v) is 4.34. The van der Waals surface area contributed by atoms with Gasteiger partial charge in [0.2, 0.25) is 5.95 Å². The van der Waals surface area contributed by atoms with E-state index in [1.54, 1.807) is 31.2 Å². The SMILES string of the molecule is CCC(=O)COc1cccc(Nc2ncc(F)c(Nc3ccc(OC(F)(F)F)c(Cl)c3)n2)c1. The summed E-state index contributed by atoms with van der Waals surface area (Å²) in [6, 6.07) is 10.0. The van der Waals surface area contributed by atoms with Crippen LogP contribution >= 0.6 is 11.6 Å². The highest BCUT2D eigenvalue weighted by Gasteiger charge is 2.32. The van der Waals surface area contributed by atoms with Gasteiger partial charge in [-0.2, -0.15) is 4.98 Å². The summed E-state index contributed by atoms with van der Waals surface area (Å²) in [6.07, 6.45) is -3.62. The molecule has 12 heteroatoms. The molecular weight excluding hydrogens is 468 g/mol. The molecule has 0 aliphatic rings. The second-order valence-corrected chi connectivity index (χ2v) is 6.95. The molecule has 0 unspecified atom stereocenters. The van der Waals surface area contributed by atoms with Crippen molar-refractivity contribution >= 4 is 40.5 Å². The summed E-state index contributed by atoms with van der Waals surface area (Å²) >= 11 is 5.81. The Kier molecular flexibility index (Phi) is 7.54. The molecule has 0 amide bonds. The average molecular weight is 485 g/mol. The van der Waals surface area contributed by atoms with Gasteiger partial charge >= 0.3 is 6.36 Å². The Morgan fingerprint density at radius 3 is 2.58 bits per heavy atom. The number of ketones is 1. The molecule has 2 aromatic carbocycles. The standard InChI is InChI=1S/C21H17ClF4N4O3/c1-2-14(31)11-32-15-5-3-4-12(8-15)29-20-27-10-17(23)19(30-20)28-13-6-7-18(16(22)9-13)33-21(24,25)26/h3-10H,2,11H2,1H3,(H2,27,28,29,30). The second kappa shape index (κ2) is 10.3. The molecule has 0 fully saturated rings. The molecule has 1 heterocycles. The zero-order chi connectivity index (χ0) is 24.0. The highest BCUT2D eigenvalue weighted by atomic mass is 35.5. The molecule has 0 aliphatic heterocycles. The van der Waals surface area contributed by atoms with E-state index in [-0.39, 0.29) is 34.9 Å². The van der Waals surface area contributed by atoms with Gasteiger partial charge in [0.05, 0.1) is 11.2 Å². The van der Waals surface area contributed by atoms with Crippen LogP contribution in [0.15, 0.2) is 48.7 Å². The number of benzene rings is 2. The lowest BCUT2D eigenvalue weighted by molar-refractivity contribution is -0.274. The number of aromatic nitrogens is 2. The molecule has 0 atom stereocenters. The van der Waals surface area contributed by atoms with Gasteiger partial charge in [0.1, 0.15) is 18.1 Å². The van der Waals surface area contributed by atoms with Crippen molar-refractivity contribution in [3.63, 3.8) is 0 Å². The van der Waals surface area contributed by atoms with Crippen molar-refractivity contribution in [2.24, 2.45) is 0 Å². The van der Waals surface area contributed by atoms with Crippen LogP contribution in [0.1, 0.15) is 13.3 Å². The minimum Gasteiger partial charge on any atom is -0.486 e. The van der Waals surface area contributed by atoms with E-state index < -0.39 is 17.9 Å². The molecule has 0 aliphatic carbocycles. The van der Waals surface area contributed by atoms with Crippen LogP contribution in [0.2, 0.25) is 5.02 Å². The van der Waals surface area contributed by atoms with Crippen molar-refractivity contribution in [3.8, 4) is 11.5 Å². The van der Waals surface area contributed by atoms with E-state index in [0.717, 1.165) is 18.3 Å². The van der Waals surface area contributed by atoms with Crippen LogP contribution < -0.4 is 20.1 Å². The van der Waals surface area contributed by atoms with Crippen molar-refractivity contribution in [1.82, 2.24) is 9.97 Å². The molecule has 33 heavy (non-hydrogen) atoms. The number of alkyl halides is 3. The molecular formula is C21H17ClF4N4O3. The Morgan fingerprint density at radius 2 is 1.88 bits per heavy atom. The van der Waals surface area contributed by atoms with Crippen LogP contribution in [0.4, 0.5) is 40.7 Å². The van der Waals surface area contributed by atoms with E-state index in [1.165, 1.54) is 6.07 Å². The lowest BCUT2D eigenvalue weighted by Gasteiger charge is -2.13. The van der Waals surface area contributed by atoms with Gasteiger partial charge in [-0.25, -0.2) is 9.37 Å². The summed E-state index contributed by atoms with van der Waals surface area (Å²) in [4.78, 5) is 19.3. The Bertz CT molecular complexity index is 1140. The lowest BCUT2D eigenvalue weighted by atomic mass is 10.3. The molecule has 7 nitrogen and oxygen atoms in total. The molecule has 3 rings (SSSR count). The first-order valence-electron chi connectivity index (χ1n) is 9.49. The fraction of sp³-hybridized carbons (Fsp3) is 0.190. The summed E-state index contributed by atoms with van der Waals surface area (Å²) in [5, 5.41) is 5.18. The number of nitrogens with zero attached hydrogens (tertiary/aromatic N) is 2. The first-order valence-corrected chi connectivity index (χ1v) is 9.87. The van der Waals surface area contributed by atoms with E-state index >= 15 is 0 Å². The van der Waals surface area contributed by atoms with Gasteiger partial charge in [-0.05, 0) is 30.3 Å². The molecule has 0 spiro atoms. The zero-order valence-corrected chi connectivity index (χ0v) is 17.8. The largest absolute Gasteiger partial charge is 0.573 e. The minimum atomic E-state index is -4.90. The van der Waals surface area contributed by atoms with Gasteiger partial charge in [-0.15, -0.1) is 13.2 Å². The number of Topliss-reactive ketones (excluding diaryl/α,β-unsaturated/α-hetero) is 1. The van der Waals surface area contributed by atoms with Crippen molar-refractivity contribution in [1.29, 1.82) is 0 Å². The normalized spacial score (nSPS) is 11.1.